The smallest absolute Gasteiger partial charge is 0.149 e. The number of hydrogen-bond acceptors (Lipinski definition) is 3. The summed E-state index contributed by atoms with van der Waals surface area (Å²) in [7, 11) is 0. The maximum atomic E-state index is 11.3. The summed E-state index contributed by atoms with van der Waals surface area (Å²) in [5, 5.41) is 11.3. The summed E-state index contributed by atoms with van der Waals surface area (Å²) in [5.41, 5.74) is 13.3. The monoisotopic (exact) mass is 683 g/mol. The molecular formula is C48H49N3O. The first-order valence-corrected chi connectivity index (χ1v) is 18.2. The Morgan fingerprint density at radius 1 is 0.519 bits per heavy atom. The number of phenols is 1. The Bertz CT molecular complexity index is 2380. The lowest BCUT2D eigenvalue weighted by atomic mass is 9.78. The van der Waals surface area contributed by atoms with Gasteiger partial charge in [0, 0.05) is 17.3 Å². The van der Waals surface area contributed by atoms with E-state index in [0.29, 0.717) is 11.4 Å². The number of aromatic nitrogens is 3. The molecule has 1 N–H and O–H groups in total. The number of phenolic OH excluding ortho intramolecular Hbond substituents is 1. The summed E-state index contributed by atoms with van der Waals surface area (Å²) in [6, 6.07) is 42.3. The third-order valence-electron chi connectivity index (χ3n) is 9.98. The number of para-hydroxylation sites is 3. The number of fused-ring (bicyclic) bond motifs is 1. The van der Waals surface area contributed by atoms with E-state index in [9.17, 15) is 5.11 Å². The van der Waals surface area contributed by atoms with Gasteiger partial charge in [-0.2, -0.15) is 0 Å². The van der Waals surface area contributed by atoms with Gasteiger partial charge < -0.3 is 5.11 Å². The van der Waals surface area contributed by atoms with Crippen LogP contribution < -0.4 is 0 Å². The molecule has 0 saturated carbocycles. The van der Waals surface area contributed by atoms with Crippen LogP contribution in [-0.4, -0.2) is 19.6 Å². The van der Waals surface area contributed by atoms with Gasteiger partial charge in [-0.1, -0.05) is 135 Å². The van der Waals surface area contributed by atoms with Crippen LogP contribution in [-0.2, 0) is 16.2 Å². The molecule has 0 aliphatic rings. The molecule has 4 nitrogen and oxygen atoms in total. The van der Waals surface area contributed by atoms with Gasteiger partial charge in [0.1, 0.15) is 11.6 Å². The molecule has 7 rings (SSSR count). The van der Waals surface area contributed by atoms with Gasteiger partial charge in [0.2, 0.25) is 0 Å². The highest BCUT2D eigenvalue weighted by molar-refractivity contribution is 5.98. The van der Waals surface area contributed by atoms with Gasteiger partial charge in [-0.15, -0.1) is 0 Å². The van der Waals surface area contributed by atoms with Gasteiger partial charge in [0.05, 0.1) is 28.0 Å². The van der Waals surface area contributed by atoms with E-state index < -0.39 is 0 Å². The fraction of sp³-hybridized carbons (Fsp3) is 0.250. The van der Waals surface area contributed by atoms with E-state index in [2.05, 4.69) is 164 Å². The number of benzene rings is 5. The van der Waals surface area contributed by atoms with Gasteiger partial charge >= 0.3 is 0 Å². The van der Waals surface area contributed by atoms with Crippen LogP contribution in [0.25, 0.3) is 61.6 Å². The molecule has 0 spiro atoms. The average Bonchev–Trinajstić information content (AvgIpc) is 3.50. The zero-order chi connectivity index (χ0) is 37.0. The number of pyridine rings is 1. The van der Waals surface area contributed by atoms with Crippen molar-refractivity contribution >= 4 is 11.0 Å². The molecule has 52 heavy (non-hydrogen) atoms. The van der Waals surface area contributed by atoms with E-state index in [0.717, 1.165) is 50.2 Å². The van der Waals surface area contributed by atoms with Crippen molar-refractivity contribution in [1.82, 2.24) is 14.5 Å². The molecule has 0 bridgehead atoms. The van der Waals surface area contributed by atoms with Crippen LogP contribution in [0.2, 0.25) is 0 Å². The quantitative estimate of drug-likeness (QED) is 0.196. The fourth-order valence-corrected chi connectivity index (χ4v) is 7.18. The lowest BCUT2D eigenvalue weighted by Gasteiger charge is -2.31. The van der Waals surface area contributed by atoms with Crippen molar-refractivity contribution < 1.29 is 5.11 Å². The highest BCUT2D eigenvalue weighted by Gasteiger charge is 2.30. The van der Waals surface area contributed by atoms with Crippen LogP contribution in [0.3, 0.4) is 0 Å². The minimum absolute atomic E-state index is 0.00929. The molecule has 0 unspecified atom stereocenters. The van der Waals surface area contributed by atoms with Crippen molar-refractivity contribution in [2.24, 2.45) is 0 Å². The van der Waals surface area contributed by atoms with Gasteiger partial charge in [0.15, 0.2) is 0 Å². The van der Waals surface area contributed by atoms with E-state index in [4.69, 9.17) is 9.97 Å². The third-order valence-corrected chi connectivity index (χ3v) is 9.98. The molecular weight excluding hydrogens is 635 g/mol. The lowest BCUT2D eigenvalue weighted by molar-refractivity contribution is 0.477. The minimum Gasteiger partial charge on any atom is -0.507 e. The second-order valence-electron chi connectivity index (χ2n) is 17.0. The number of nitrogens with zero attached hydrogens (tertiary/aromatic N) is 3. The highest BCUT2D eigenvalue weighted by Crippen LogP contribution is 2.44. The predicted octanol–water partition coefficient (Wildman–Crippen LogP) is 12.7. The zero-order valence-corrected chi connectivity index (χ0v) is 31.9. The summed E-state index contributed by atoms with van der Waals surface area (Å²) >= 11 is 0. The molecule has 0 aliphatic heterocycles. The Hall–Kier alpha value is -5.48. The summed E-state index contributed by atoms with van der Waals surface area (Å²) in [5.74, 6) is 0.908. The molecule has 0 amide bonds. The number of hydrogen-bond donors (Lipinski definition) is 1. The van der Waals surface area contributed by atoms with Gasteiger partial charge in [0.25, 0.3) is 0 Å². The van der Waals surface area contributed by atoms with Crippen molar-refractivity contribution in [1.29, 1.82) is 0 Å². The standard InChI is InChI=1S/C48H49N3O/c1-46(2,3)35-25-26-49-40(30-35)34-28-32(31-17-11-10-12-18-31)27-33(29-34)36-20-15-23-41-43(36)50-45(37-19-13-14-24-42(37)52)51(41)44-38(47(4,5)6)21-16-22-39(44)48(7,8)9/h10-30,52H,1-9H3. The second-order valence-corrected chi connectivity index (χ2v) is 17.0. The van der Waals surface area contributed by atoms with Crippen LogP contribution in [0.15, 0.2) is 128 Å². The molecule has 7 aromatic rings. The first kappa shape index (κ1) is 34.9. The number of rotatable bonds is 5. The predicted molar refractivity (Wildman–Crippen MR) is 218 cm³/mol. The molecule has 2 heterocycles. The molecule has 0 radical (unpaired) electrons. The lowest BCUT2D eigenvalue weighted by Crippen LogP contribution is -2.22. The van der Waals surface area contributed by atoms with Crippen molar-refractivity contribution in [3.8, 4) is 56.3 Å². The Morgan fingerprint density at radius 3 is 1.77 bits per heavy atom. The second kappa shape index (κ2) is 12.9. The van der Waals surface area contributed by atoms with Crippen LogP contribution in [0.1, 0.15) is 79.0 Å². The van der Waals surface area contributed by atoms with Gasteiger partial charge in [-0.05, 0) is 98.2 Å². The topological polar surface area (TPSA) is 50.9 Å². The fourth-order valence-electron chi connectivity index (χ4n) is 7.18. The minimum atomic E-state index is -0.158. The maximum Gasteiger partial charge on any atom is 0.149 e. The Labute approximate surface area is 308 Å². The van der Waals surface area contributed by atoms with Crippen molar-refractivity contribution in [2.45, 2.75) is 78.6 Å². The molecule has 0 aliphatic carbocycles. The van der Waals surface area contributed by atoms with Crippen LogP contribution in [0.5, 0.6) is 5.75 Å². The SMILES string of the molecule is CC(C)(C)c1ccnc(-c2cc(-c3ccccc3)cc(-c3cccc4c3nc(-c3ccccc3O)n4-c3c(C(C)(C)C)cccc3C(C)(C)C)c2)c1. The van der Waals surface area contributed by atoms with Crippen LogP contribution in [0.4, 0.5) is 0 Å². The molecule has 4 heteroatoms. The number of imidazole rings is 1. The summed E-state index contributed by atoms with van der Waals surface area (Å²) in [4.78, 5) is 10.4. The third kappa shape index (κ3) is 6.54. The van der Waals surface area contributed by atoms with Gasteiger partial charge in [-0.3, -0.25) is 9.55 Å². The molecule has 2 aromatic heterocycles. The van der Waals surface area contributed by atoms with Crippen LogP contribution in [0, 0.1) is 0 Å². The molecule has 0 fully saturated rings. The van der Waals surface area contributed by atoms with Crippen molar-refractivity contribution in [2.75, 3.05) is 0 Å². The van der Waals surface area contributed by atoms with E-state index in [1.54, 1.807) is 6.07 Å². The van der Waals surface area contributed by atoms with E-state index >= 15 is 0 Å². The van der Waals surface area contributed by atoms with E-state index in [1.807, 2.05) is 24.4 Å². The Balaban J connectivity index is 1.58. The van der Waals surface area contributed by atoms with E-state index in [1.165, 1.54) is 16.7 Å². The first-order chi connectivity index (χ1) is 24.6. The Morgan fingerprint density at radius 2 is 1.12 bits per heavy atom. The summed E-state index contributed by atoms with van der Waals surface area (Å²) in [6.07, 6.45) is 1.92. The summed E-state index contributed by atoms with van der Waals surface area (Å²) < 4.78 is 2.30. The largest absolute Gasteiger partial charge is 0.507 e. The molecule has 0 atom stereocenters. The maximum absolute atomic E-state index is 11.3. The molecule has 5 aromatic carbocycles. The first-order valence-electron chi connectivity index (χ1n) is 18.2. The average molecular weight is 684 g/mol. The normalized spacial score (nSPS) is 12.4. The number of aromatic hydroxyl groups is 1. The van der Waals surface area contributed by atoms with Crippen molar-refractivity contribution in [3.63, 3.8) is 0 Å². The highest BCUT2D eigenvalue weighted by atomic mass is 16.3. The molecule has 262 valence electrons. The van der Waals surface area contributed by atoms with Gasteiger partial charge in [-0.25, -0.2) is 4.98 Å². The van der Waals surface area contributed by atoms with Crippen molar-refractivity contribution in [3.05, 3.63) is 144 Å². The van der Waals surface area contributed by atoms with E-state index in [-0.39, 0.29) is 22.0 Å². The zero-order valence-electron chi connectivity index (χ0n) is 31.9. The van der Waals surface area contributed by atoms with Crippen LogP contribution >= 0.6 is 0 Å². The summed E-state index contributed by atoms with van der Waals surface area (Å²) in [6.45, 7) is 20.3. The Kier molecular flexibility index (Phi) is 8.69. The molecule has 0 saturated heterocycles.